The largest absolute Gasteiger partial charge is 0.494 e. The number of hydrogen-bond acceptors (Lipinski definition) is 5. The summed E-state index contributed by atoms with van der Waals surface area (Å²) in [6.45, 7) is 0. The highest BCUT2D eigenvalue weighted by atomic mass is 19.1. The van der Waals surface area contributed by atoms with Crippen LogP contribution in [-0.4, -0.2) is 31.3 Å². The molecular weight excluding hydrogens is 325 g/mol. The predicted octanol–water partition coefficient (Wildman–Crippen LogP) is 3.49. The van der Waals surface area contributed by atoms with E-state index in [9.17, 15) is 4.39 Å². The molecule has 3 N–H and O–H groups in total. The van der Waals surface area contributed by atoms with Crippen LogP contribution >= 0.6 is 0 Å². The summed E-state index contributed by atoms with van der Waals surface area (Å²) >= 11 is 0. The van der Waals surface area contributed by atoms with Crippen molar-refractivity contribution >= 4 is 5.69 Å². The van der Waals surface area contributed by atoms with E-state index < -0.39 is 5.82 Å². The Morgan fingerprint density at radius 1 is 0.920 bits per heavy atom. The Morgan fingerprint density at radius 3 is 2.12 bits per heavy atom. The Balaban J connectivity index is 2.13. The average Bonchev–Trinajstić information content (AvgIpc) is 3.11. The van der Waals surface area contributed by atoms with Crippen molar-refractivity contribution in [3.8, 4) is 39.8 Å². The van der Waals surface area contributed by atoms with Crippen LogP contribution in [0.3, 0.4) is 0 Å². The zero-order valence-electron chi connectivity index (χ0n) is 14.1. The minimum absolute atomic E-state index is 0.181. The van der Waals surface area contributed by atoms with Gasteiger partial charge in [-0.3, -0.25) is 0 Å². The lowest BCUT2D eigenvalue weighted by Crippen LogP contribution is -1.98. The van der Waals surface area contributed by atoms with Crippen molar-refractivity contribution in [2.75, 3.05) is 27.1 Å². The normalized spacial score (nSPS) is 10.6. The number of nitrogens with one attached hydrogen (secondary N) is 1. The number of benzene rings is 2. The number of nitrogens with zero attached hydrogens (tertiary/aromatic N) is 1. The number of aromatic amines is 1. The van der Waals surface area contributed by atoms with Gasteiger partial charge in [0.25, 0.3) is 0 Å². The fourth-order valence-electron chi connectivity index (χ4n) is 2.63. The zero-order chi connectivity index (χ0) is 18.0. The molecule has 0 radical (unpaired) electrons. The van der Waals surface area contributed by atoms with Gasteiger partial charge in [0.05, 0.1) is 39.0 Å². The average molecular weight is 343 g/mol. The lowest BCUT2D eigenvalue weighted by molar-refractivity contribution is 0.386. The quantitative estimate of drug-likeness (QED) is 0.693. The molecule has 0 aliphatic heterocycles. The van der Waals surface area contributed by atoms with Crippen LogP contribution in [0.1, 0.15) is 0 Å². The molecule has 0 unspecified atom stereocenters. The second-order valence-corrected chi connectivity index (χ2v) is 5.27. The molecule has 0 spiro atoms. The molecule has 130 valence electrons. The summed E-state index contributed by atoms with van der Waals surface area (Å²) in [4.78, 5) is 7.40. The number of ether oxygens (including phenoxy) is 3. The van der Waals surface area contributed by atoms with Crippen molar-refractivity contribution < 1.29 is 18.6 Å². The van der Waals surface area contributed by atoms with Gasteiger partial charge in [0.15, 0.2) is 11.6 Å². The number of hydrogen-bond donors (Lipinski definition) is 2. The number of nitrogen functional groups attached to an aromatic ring is 1. The van der Waals surface area contributed by atoms with Gasteiger partial charge in [0.2, 0.25) is 0 Å². The summed E-state index contributed by atoms with van der Waals surface area (Å²) in [6.07, 6.45) is 1.54. The number of H-pyrrole nitrogens is 1. The molecule has 6 nitrogen and oxygen atoms in total. The van der Waals surface area contributed by atoms with Crippen LogP contribution in [0.4, 0.5) is 10.1 Å². The van der Waals surface area contributed by atoms with Gasteiger partial charge in [-0.1, -0.05) is 0 Å². The monoisotopic (exact) mass is 343 g/mol. The van der Waals surface area contributed by atoms with Crippen LogP contribution in [0.25, 0.3) is 22.5 Å². The van der Waals surface area contributed by atoms with Crippen molar-refractivity contribution in [1.82, 2.24) is 9.97 Å². The first-order chi connectivity index (χ1) is 12.1. The molecule has 0 fully saturated rings. The Hall–Kier alpha value is -3.22. The van der Waals surface area contributed by atoms with Crippen molar-refractivity contribution in [2.45, 2.75) is 0 Å². The smallest absolute Gasteiger partial charge is 0.165 e. The molecule has 1 heterocycles. The maximum absolute atomic E-state index is 14.1. The lowest BCUT2D eigenvalue weighted by Gasteiger charge is -2.12. The van der Waals surface area contributed by atoms with E-state index in [4.69, 9.17) is 19.9 Å². The minimum atomic E-state index is -0.451. The molecule has 25 heavy (non-hydrogen) atoms. The molecule has 0 aliphatic rings. The Kier molecular flexibility index (Phi) is 4.47. The van der Waals surface area contributed by atoms with E-state index >= 15 is 0 Å². The number of halogens is 1. The molecule has 7 heteroatoms. The molecule has 0 bridgehead atoms. The maximum atomic E-state index is 14.1. The topological polar surface area (TPSA) is 82.4 Å². The van der Waals surface area contributed by atoms with Crippen molar-refractivity contribution in [1.29, 1.82) is 0 Å². The lowest BCUT2D eigenvalue weighted by atomic mass is 10.0. The van der Waals surface area contributed by atoms with E-state index in [1.165, 1.54) is 27.4 Å². The fourth-order valence-corrected chi connectivity index (χ4v) is 2.63. The second-order valence-electron chi connectivity index (χ2n) is 5.27. The Bertz CT molecular complexity index is 883. The van der Waals surface area contributed by atoms with Crippen LogP contribution in [0.15, 0.2) is 36.7 Å². The number of anilines is 1. The van der Waals surface area contributed by atoms with E-state index in [-0.39, 0.29) is 5.75 Å². The van der Waals surface area contributed by atoms with Crippen LogP contribution in [0.2, 0.25) is 0 Å². The van der Waals surface area contributed by atoms with Gasteiger partial charge in [-0.15, -0.1) is 0 Å². The highest BCUT2D eigenvalue weighted by Crippen LogP contribution is 2.39. The van der Waals surface area contributed by atoms with Gasteiger partial charge < -0.3 is 24.9 Å². The molecule has 2 aromatic carbocycles. The third kappa shape index (κ3) is 2.96. The summed E-state index contributed by atoms with van der Waals surface area (Å²) in [7, 11) is 4.48. The summed E-state index contributed by atoms with van der Waals surface area (Å²) in [5.74, 6) is 0.682. The Labute approximate surface area is 144 Å². The second kappa shape index (κ2) is 6.72. The molecule has 1 aromatic heterocycles. The van der Waals surface area contributed by atoms with Gasteiger partial charge in [-0.25, -0.2) is 9.37 Å². The minimum Gasteiger partial charge on any atom is -0.494 e. The van der Waals surface area contributed by atoms with E-state index in [0.717, 1.165) is 5.56 Å². The third-order valence-electron chi connectivity index (χ3n) is 3.90. The summed E-state index contributed by atoms with van der Waals surface area (Å²) < 4.78 is 29.6. The maximum Gasteiger partial charge on any atom is 0.165 e. The van der Waals surface area contributed by atoms with E-state index in [0.29, 0.717) is 34.1 Å². The highest BCUT2D eigenvalue weighted by Gasteiger charge is 2.17. The number of nitrogens with two attached hydrogens (primary N) is 1. The molecule has 3 aromatic rings. The molecule has 0 aliphatic carbocycles. The van der Waals surface area contributed by atoms with Gasteiger partial charge in [0.1, 0.15) is 17.2 Å². The first-order valence-corrected chi connectivity index (χ1v) is 7.48. The molecule has 0 saturated carbocycles. The van der Waals surface area contributed by atoms with Gasteiger partial charge in [0, 0.05) is 11.1 Å². The molecule has 3 rings (SSSR count). The van der Waals surface area contributed by atoms with Crippen molar-refractivity contribution in [3.63, 3.8) is 0 Å². The SMILES string of the molecule is COc1ccc(-c2[nH]cnc2-c2cc(OC)c(N)c(OC)c2)cc1F. The number of rotatable bonds is 5. The number of aromatic nitrogens is 2. The predicted molar refractivity (Wildman–Crippen MR) is 93.5 cm³/mol. The van der Waals surface area contributed by atoms with Crippen LogP contribution in [0.5, 0.6) is 17.2 Å². The summed E-state index contributed by atoms with van der Waals surface area (Å²) in [6, 6.07) is 8.24. The van der Waals surface area contributed by atoms with Gasteiger partial charge >= 0.3 is 0 Å². The molecule has 0 amide bonds. The zero-order valence-corrected chi connectivity index (χ0v) is 14.1. The third-order valence-corrected chi connectivity index (χ3v) is 3.90. The Morgan fingerprint density at radius 2 is 1.56 bits per heavy atom. The number of imidazole rings is 1. The molecule has 0 saturated heterocycles. The summed E-state index contributed by atoms with van der Waals surface area (Å²) in [5.41, 5.74) is 9.05. The molecular formula is C18H18FN3O3. The van der Waals surface area contributed by atoms with Crippen LogP contribution < -0.4 is 19.9 Å². The molecule has 0 atom stereocenters. The summed E-state index contributed by atoms with van der Waals surface area (Å²) in [5, 5.41) is 0. The van der Waals surface area contributed by atoms with Gasteiger partial charge in [-0.2, -0.15) is 0 Å². The van der Waals surface area contributed by atoms with Gasteiger partial charge in [-0.05, 0) is 30.3 Å². The van der Waals surface area contributed by atoms with E-state index in [2.05, 4.69) is 9.97 Å². The van der Waals surface area contributed by atoms with Crippen LogP contribution in [0, 0.1) is 5.82 Å². The van der Waals surface area contributed by atoms with Crippen molar-refractivity contribution in [3.05, 3.63) is 42.5 Å². The highest BCUT2D eigenvalue weighted by molar-refractivity contribution is 5.82. The number of methoxy groups -OCH3 is 3. The van der Waals surface area contributed by atoms with E-state index in [1.807, 2.05) is 0 Å². The van der Waals surface area contributed by atoms with Crippen molar-refractivity contribution in [2.24, 2.45) is 0 Å². The first-order valence-electron chi connectivity index (χ1n) is 7.48. The van der Waals surface area contributed by atoms with Crippen LogP contribution in [-0.2, 0) is 0 Å². The fraction of sp³-hybridized carbons (Fsp3) is 0.167. The van der Waals surface area contributed by atoms with E-state index in [1.54, 1.807) is 30.6 Å². The standard InChI is InChI=1S/C18H18FN3O3/c1-23-13-5-4-10(6-12(13)19)17-18(22-9-21-17)11-7-14(24-2)16(20)15(8-11)25-3/h4-9H,20H2,1-3H3,(H,21,22). The first kappa shape index (κ1) is 16.6.